The molecule has 1 aromatic carbocycles. The molecule has 0 aliphatic rings. The zero-order valence-corrected chi connectivity index (χ0v) is 10.3. The van der Waals surface area contributed by atoms with Gasteiger partial charge in [0.25, 0.3) is 0 Å². The maximum atomic E-state index is 4.82. The molecule has 0 spiro atoms. The molecule has 0 aliphatic carbocycles. The van der Waals surface area contributed by atoms with Crippen LogP contribution in [0.5, 0.6) is 0 Å². The van der Waals surface area contributed by atoms with E-state index in [9.17, 15) is 0 Å². The zero-order valence-electron chi connectivity index (χ0n) is 10.3. The number of hydrogen-bond acceptors (Lipinski definition) is 3. The van der Waals surface area contributed by atoms with Crippen LogP contribution in [-0.4, -0.2) is 5.16 Å². The molecule has 1 N–H and O–H groups in total. The van der Waals surface area contributed by atoms with Crippen LogP contribution in [0, 0.1) is 5.92 Å². The van der Waals surface area contributed by atoms with Crippen LogP contribution in [0.4, 0.5) is 0 Å². The van der Waals surface area contributed by atoms with Crippen molar-refractivity contribution in [2.24, 2.45) is 5.92 Å². The predicted octanol–water partition coefficient (Wildman–Crippen LogP) is 3.16. The molecule has 0 bridgehead atoms. The third kappa shape index (κ3) is 3.17. The van der Waals surface area contributed by atoms with Gasteiger partial charge in [0.2, 0.25) is 0 Å². The second kappa shape index (κ2) is 5.64. The number of nitrogens with one attached hydrogen (secondary N) is 1. The number of nitrogens with zero attached hydrogens (tertiary/aromatic N) is 1. The average Bonchev–Trinajstić information content (AvgIpc) is 2.83. The molecule has 0 aliphatic heterocycles. The van der Waals surface area contributed by atoms with Gasteiger partial charge in [0.1, 0.15) is 6.26 Å². The van der Waals surface area contributed by atoms with Crippen molar-refractivity contribution < 1.29 is 4.52 Å². The molecule has 0 fully saturated rings. The molecule has 1 heterocycles. The molecular formula is C14H18N2O. The molecular weight excluding hydrogens is 212 g/mol. The average molecular weight is 230 g/mol. The minimum atomic E-state index is 0.341. The van der Waals surface area contributed by atoms with E-state index >= 15 is 0 Å². The molecule has 0 saturated heterocycles. The SMILES string of the molecule is CC(C)[C@@H](NCc1ccon1)c1ccccc1. The van der Waals surface area contributed by atoms with Gasteiger partial charge in [0, 0.05) is 18.7 Å². The quantitative estimate of drug-likeness (QED) is 0.857. The lowest BCUT2D eigenvalue weighted by Crippen LogP contribution is -2.25. The lowest BCUT2D eigenvalue weighted by atomic mass is 9.96. The van der Waals surface area contributed by atoms with Gasteiger partial charge >= 0.3 is 0 Å². The van der Waals surface area contributed by atoms with Gasteiger partial charge in [-0.15, -0.1) is 0 Å². The van der Waals surface area contributed by atoms with E-state index in [0.717, 1.165) is 12.2 Å². The molecule has 90 valence electrons. The monoisotopic (exact) mass is 230 g/mol. The molecule has 0 radical (unpaired) electrons. The molecule has 1 aromatic heterocycles. The van der Waals surface area contributed by atoms with Gasteiger partial charge in [-0.2, -0.15) is 0 Å². The highest BCUT2D eigenvalue weighted by Gasteiger charge is 2.14. The lowest BCUT2D eigenvalue weighted by molar-refractivity contribution is 0.384. The molecule has 2 rings (SSSR count). The Morgan fingerprint density at radius 3 is 2.53 bits per heavy atom. The van der Waals surface area contributed by atoms with E-state index in [-0.39, 0.29) is 0 Å². The highest BCUT2D eigenvalue weighted by atomic mass is 16.5. The summed E-state index contributed by atoms with van der Waals surface area (Å²) in [5, 5.41) is 7.42. The Kier molecular flexibility index (Phi) is 3.94. The first kappa shape index (κ1) is 11.9. The van der Waals surface area contributed by atoms with Gasteiger partial charge in [-0.25, -0.2) is 0 Å². The molecule has 0 amide bonds. The van der Waals surface area contributed by atoms with E-state index in [2.05, 4.69) is 48.6 Å². The number of rotatable bonds is 5. The van der Waals surface area contributed by atoms with Gasteiger partial charge in [0.15, 0.2) is 0 Å². The molecule has 3 nitrogen and oxygen atoms in total. The highest BCUT2D eigenvalue weighted by Crippen LogP contribution is 2.21. The molecule has 0 unspecified atom stereocenters. The van der Waals surface area contributed by atoms with Crippen molar-refractivity contribution in [3.05, 3.63) is 53.9 Å². The van der Waals surface area contributed by atoms with Crippen LogP contribution in [-0.2, 0) is 6.54 Å². The maximum absolute atomic E-state index is 4.82. The topological polar surface area (TPSA) is 38.1 Å². The Balaban J connectivity index is 2.03. The van der Waals surface area contributed by atoms with Crippen molar-refractivity contribution in [2.45, 2.75) is 26.4 Å². The van der Waals surface area contributed by atoms with Crippen molar-refractivity contribution >= 4 is 0 Å². The lowest BCUT2D eigenvalue weighted by Gasteiger charge is -2.22. The Labute approximate surface area is 102 Å². The van der Waals surface area contributed by atoms with Crippen LogP contribution < -0.4 is 5.32 Å². The summed E-state index contributed by atoms with van der Waals surface area (Å²) in [6, 6.07) is 12.7. The van der Waals surface area contributed by atoms with Crippen molar-refractivity contribution in [2.75, 3.05) is 0 Å². The fourth-order valence-corrected chi connectivity index (χ4v) is 1.94. The summed E-state index contributed by atoms with van der Waals surface area (Å²) in [5.41, 5.74) is 2.25. The fourth-order valence-electron chi connectivity index (χ4n) is 1.94. The van der Waals surface area contributed by atoms with Gasteiger partial charge in [0.05, 0.1) is 5.69 Å². The van der Waals surface area contributed by atoms with Crippen LogP contribution in [0.1, 0.15) is 31.1 Å². The van der Waals surface area contributed by atoms with E-state index < -0.39 is 0 Å². The van der Waals surface area contributed by atoms with Crippen LogP contribution >= 0.6 is 0 Å². The van der Waals surface area contributed by atoms with E-state index in [0.29, 0.717) is 12.0 Å². The van der Waals surface area contributed by atoms with Gasteiger partial charge in [-0.05, 0) is 11.5 Å². The summed E-state index contributed by atoms with van der Waals surface area (Å²) >= 11 is 0. The first-order valence-electron chi connectivity index (χ1n) is 5.95. The fraction of sp³-hybridized carbons (Fsp3) is 0.357. The second-order valence-corrected chi connectivity index (χ2v) is 4.50. The standard InChI is InChI=1S/C14H18N2O/c1-11(2)14(12-6-4-3-5-7-12)15-10-13-8-9-17-16-13/h3-9,11,14-15H,10H2,1-2H3/t14-/m1/s1. The Morgan fingerprint density at radius 2 is 1.94 bits per heavy atom. The largest absolute Gasteiger partial charge is 0.364 e. The van der Waals surface area contributed by atoms with E-state index in [4.69, 9.17) is 4.52 Å². The summed E-state index contributed by atoms with van der Waals surface area (Å²) < 4.78 is 4.82. The summed E-state index contributed by atoms with van der Waals surface area (Å²) in [6.45, 7) is 5.16. The van der Waals surface area contributed by atoms with Crippen LogP contribution in [0.3, 0.4) is 0 Å². The van der Waals surface area contributed by atoms with Crippen molar-refractivity contribution in [3.8, 4) is 0 Å². The predicted molar refractivity (Wildman–Crippen MR) is 67.4 cm³/mol. The van der Waals surface area contributed by atoms with Crippen LogP contribution in [0.25, 0.3) is 0 Å². The van der Waals surface area contributed by atoms with Gasteiger partial charge in [-0.1, -0.05) is 49.3 Å². The van der Waals surface area contributed by atoms with Crippen molar-refractivity contribution in [3.63, 3.8) is 0 Å². The number of aromatic nitrogens is 1. The zero-order chi connectivity index (χ0) is 12.1. The summed E-state index contributed by atoms with van der Waals surface area (Å²) in [4.78, 5) is 0. The van der Waals surface area contributed by atoms with Crippen LogP contribution in [0.2, 0.25) is 0 Å². The normalized spacial score (nSPS) is 12.9. The summed E-state index contributed by atoms with van der Waals surface area (Å²) in [5.74, 6) is 0.532. The first-order chi connectivity index (χ1) is 8.27. The second-order valence-electron chi connectivity index (χ2n) is 4.50. The van der Waals surface area contributed by atoms with Crippen molar-refractivity contribution in [1.82, 2.24) is 10.5 Å². The molecule has 17 heavy (non-hydrogen) atoms. The number of hydrogen-bond donors (Lipinski definition) is 1. The minimum Gasteiger partial charge on any atom is -0.364 e. The van der Waals surface area contributed by atoms with Crippen molar-refractivity contribution in [1.29, 1.82) is 0 Å². The van der Waals surface area contributed by atoms with Crippen LogP contribution in [0.15, 0.2) is 47.2 Å². The smallest absolute Gasteiger partial charge is 0.124 e. The Morgan fingerprint density at radius 1 is 1.18 bits per heavy atom. The molecule has 1 atom stereocenters. The molecule has 0 saturated carbocycles. The highest BCUT2D eigenvalue weighted by molar-refractivity contribution is 5.19. The summed E-state index contributed by atoms with van der Waals surface area (Å²) in [7, 11) is 0. The first-order valence-corrected chi connectivity index (χ1v) is 5.95. The summed E-state index contributed by atoms with van der Waals surface area (Å²) in [6.07, 6.45) is 1.60. The minimum absolute atomic E-state index is 0.341. The molecule has 3 heteroatoms. The Bertz CT molecular complexity index is 423. The third-order valence-corrected chi connectivity index (χ3v) is 2.82. The molecule has 2 aromatic rings. The van der Waals surface area contributed by atoms with E-state index in [1.807, 2.05) is 12.1 Å². The maximum Gasteiger partial charge on any atom is 0.124 e. The third-order valence-electron chi connectivity index (χ3n) is 2.82. The van der Waals surface area contributed by atoms with E-state index in [1.165, 1.54) is 5.56 Å². The van der Waals surface area contributed by atoms with Gasteiger partial charge in [-0.3, -0.25) is 0 Å². The van der Waals surface area contributed by atoms with Gasteiger partial charge < -0.3 is 9.84 Å². The number of benzene rings is 1. The van der Waals surface area contributed by atoms with E-state index in [1.54, 1.807) is 6.26 Å². The Hall–Kier alpha value is -1.61.